The summed E-state index contributed by atoms with van der Waals surface area (Å²) in [5, 5.41) is 1.84. The van der Waals surface area contributed by atoms with Gasteiger partial charge >= 0.3 is 0 Å². The molecular weight excluding hydrogens is 334 g/mol. The van der Waals surface area contributed by atoms with Crippen molar-refractivity contribution in [2.24, 2.45) is 5.92 Å². The summed E-state index contributed by atoms with van der Waals surface area (Å²) in [4.78, 5) is 14.5. The number of sulfone groups is 1. The van der Waals surface area contributed by atoms with Crippen molar-refractivity contribution < 1.29 is 13.2 Å². The highest BCUT2D eigenvalue weighted by Crippen LogP contribution is 2.23. The Morgan fingerprint density at radius 1 is 1.08 bits per heavy atom. The van der Waals surface area contributed by atoms with Gasteiger partial charge in [-0.05, 0) is 41.7 Å². The van der Waals surface area contributed by atoms with Crippen LogP contribution in [0, 0.1) is 5.92 Å². The molecule has 5 heteroatoms. The van der Waals surface area contributed by atoms with Gasteiger partial charge in [-0.15, -0.1) is 0 Å². The second-order valence-electron chi connectivity index (χ2n) is 7.28. The minimum Gasteiger partial charge on any atom is -0.339 e. The lowest BCUT2D eigenvalue weighted by atomic mass is 10.0. The molecule has 1 aliphatic rings. The number of carbonyl (C=O) groups excluding carboxylic acids is 1. The van der Waals surface area contributed by atoms with E-state index in [4.69, 9.17) is 0 Å². The number of piperidine rings is 1. The maximum atomic E-state index is 12.8. The predicted octanol–water partition coefficient (Wildman–Crippen LogP) is 3.52. The van der Waals surface area contributed by atoms with E-state index in [2.05, 4.69) is 0 Å². The smallest absolute Gasteiger partial charge is 0.253 e. The SMILES string of the molecule is CC(C)CS(=O)(=O)C1CCN(C(=O)c2ccc3ccccc3c2)CC1. The van der Waals surface area contributed by atoms with Crippen LogP contribution >= 0.6 is 0 Å². The minimum absolute atomic E-state index is 0.00883. The lowest BCUT2D eigenvalue weighted by molar-refractivity contribution is 0.0726. The van der Waals surface area contributed by atoms with E-state index in [1.54, 1.807) is 4.90 Å². The van der Waals surface area contributed by atoms with Crippen molar-refractivity contribution in [3.8, 4) is 0 Å². The minimum atomic E-state index is -3.06. The molecule has 0 aliphatic carbocycles. The van der Waals surface area contributed by atoms with Gasteiger partial charge in [-0.2, -0.15) is 0 Å². The second kappa shape index (κ2) is 7.16. The normalized spacial score (nSPS) is 16.5. The van der Waals surface area contributed by atoms with E-state index in [1.807, 2.05) is 56.3 Å². The van der Waals surface area contributed by atoms with Crippen LogP contribution in [0.3, 0.4) is 0 Å². The number of amides is 1. The van der Waals surface area contributed by atoms with E-state index in [1.165, 1.54) is 0 Å². The molecule has 0 saturated carbocycles. The van der Waals surface area contributed by atoms with Gasteiger partial charge in [-0.1, -0.05) is 44.2 Å². The van der Waals surface area contributed by atoms with E-state index in [-0.39, 0.29) is 22.8 Å². The third kappa shape index (κ3) is 4.03. The summed E-state index contributed by atoms with van der Waals surface area (Å²) in [7, 11) is -3.06. The Morgan fingerprint density at radius 3 is 2.36 bits per heavy atom. The summed E-state index contributed by atoms with van der Waals surface area (Å²) in [5.41, 5.74) is 0.669. The molecule has 4 nitrogen and oxygen atoms in total. The average Bonchev–Trinajstić information content (AvgIpc) is 2.60. The topological polar surface area (TPSA) is 54.5 Å². The molecule has 0 radical (unpaired) electrons. The first kappa shape index (κ1) is 17.9. The zero-order valence-electron chi connectivity index (χ0n) is 14.8. The van der Waals surface area contributed by atoms with Crippen molar-refractivity contribution in [1.29, 1.82) is 0 Å². The Bertz CT molecular complexity index is 865. The summed E-state index contributed by atoms with van der Waals surface area (Å²) < 4.78 is 24.8. The average molecular weight is 359 g/mol. The quantitative estimate of drug-likeness (QED) is 0.839. The highest BCUT2D eigenvalue weighted by atomic mass is 32.2. The lowest BCUT2D eigenvalue weighted by Crippen LogP contribution is -2.43. The molecule has 2 aromatic rings. The van der Waals surface area contributed by atoms with E-state index in [9.17, 15) is 13.2 Å². The van der Waals surface area contributed by atoms with Gasteiger partial charge < -0.3 is 4.90 Å². The van der Waals surface area contributed by atoms with Crippen LogP contribution in [-0.2, 0) is 9.84 Å². The number of benzene rings is 2. The molecule has 134 valence electrons. The van der Waals surface area contributed by atoms with E-state index < -0.39 is 9.84 Å². The van der Waals surface area contributed by atoms with Gasteiger partial charge in [0.2, 0.25) is 0 Å². The van der Waals surface area contributed by atoms with Crippen molar-refractivity contribution in [2.45, 2.75) is 31.9 Å². The zero-order valence-corrected chi connectivity index (χ0v) is 15.6. The number of rotatable bonds is 4. The monoisotopic (exact) mass is 359 g/mol. The maximum Gasteiger partial charge on any atom is 0.253 e. The van der Waals surface area contributed by atoms with E-state index in [0.29, 0.717) is 31.5 Å². The summed E-state index contributed by atoms with van der Waals surface area (Å²) in [6, 6.07) is 13.7. The number of hydrogen-bond acceptors (Lipinski definition) is 3. The van der Waals surface area contributed by atoms with Gasteiger partial charge in [0.05, 0.1) is 11.0 Å². The summed E-state index contributed by atoms with van der Waals surface area (Å²) in [5.74, 6) is 0.365. The van der Waals surface area contributed by atoms with Gasteiger partial charge in [-0.3, -0.25) is 4.79 Å². The van der Waals surface area contributed by atoms with Crippen LogP contribution in [0.4, 0.5) is 0 Å². The number of nitrogens with zero attached hydrogens (tertiary/aromatic N) is 1. The molecule has 1 heterocycles. The number of hydrogen-bond donors (Lipinski definition) is 0. The molecule has 1 aliphatic heterocycles. The highest BCUT2D eigenvalue weighted by Gasteiger charge is 2.32. The van der Waals surface area contributed by atoms with Crippen LogP contribution in [0.25, 0.3) is 10.8 Å². The molecule has 2 aromatic carbocycles. The van der Waals surface area contributed by atoms with Crippen LogP contribution < -0.4 is 0 Å². The Hall–Kier alpha value is -1.88. The maximum absolute atomic E-state index is 12.8. The van der Waals surface area contributed by atoms with Gasteiger partial charge in [0, 0.05) is 18.7 Å². The first-order valence-corrected chi connectivity index (χ1v) is 10.6. The summed E-state index contributed by atoms with van der Waals surface area (Å²) >= 11 is 0. The third-order valence-electron chi connectivity index (χ3n) is 4.80. The standard InChI is InChI=1S/C20H25NO3S/c1-15(2)14-25(23,24)19-9-11-21(12-10-19)20(22)18-8-7-16-5-3-4-6-17(16)13-18/h3-8,13,15,19H,9-12,14H2,1-2H3. The highest BCUT2D eigenvalue weighted by molar-refractivity contribution is 7.92. The van der Waals surface area contributed by atoms with Crippen molar-refractivity contribution in [3.63, 3.8) is 0 Å². The summed E-state index contributed by atoms with van der Waals surface area (Å²) in [6.45, 7) is 4.87. The van der Waals surface area contributed by atoms with Crippen LogP contribution in [0.15, 0.2) is 42.5 Å². The van der Waals surface area contributed by atoms with Crippen molar-refractivity contribution in [2.75, 3.05) is 18.8 Å². The Kier molecular flexibility index (Phi) is 5.13. The van der Waals surface area contributed by atoms with Crippen molar-refractivity contribution in [3.05, 3.63) is 48.0 Å². The first-order chi connectivity index (χ1) is 11.9. The van der Waals surface area contributed by atoms with Crippen LogP contribution in [-0.4, -0.2) is 43.3 Å². The summed E-state index contributed by atoms with van der Waals surface area (Å²) in [6.07, 6.45) is 1.07. The Balaban J connectivity index is 1.68. The fourth-order valence-electron chi connectivity index (χ4n) is 3.52. The fraction of sp³-hybridized carbons (Fsp3) is 0.450. The first-order valence-electron chi connectivity index (χ1n) is 8.86. The third-order valence-corrected chi connectivity index (χ3v) is 7.42. The van der Waals surface area contributed by atoms with E-state index in [0.717, 1.165) is 10.8 Å². The van der Waals surface area contributed by atoms with Gasteiger partial charge in [-0.25, -0.2) is 8.42 Å². The molecule has 1 fully saturated rings. The van der Waals surface area contributed by atoms with Crippen molar-refractivity contribution in [1.82, 2.24) is 4.90 Å². The molecule has 0 unspecified atom stereocenters. The van der Waals surface area contributed by atoms with Crippen molar-refractivity contribution >= 4 is 26.5 Å². The van der Waals surface area contributed by atoms with Crippen LogP contribution in [0.1, 0.15) is 37.0 Å². The lowest BCUT2D eigenvalue weighted by Gasteiger charge is -2.32. The predicted molar refractivity (Wildman–Crippen MR) is 101 cm³/mol. The largest absolute Gasteiger partial charge is 0.339 e. The molecule has 0 bridgehead atoms. The van der Waals surface area contributed by atoms with Gasteiger partial charge in [0.15, 0.2) is 9.84 Å². The number of likely N-dealkylation sites (tertiary alicyclic amines) is 1. The molecule has 3 rings (SSSR count). The van der Waals surface area contributed by atoms with Crippen LogP contribution in [0.5, 0.6) is 0 Å². The fourth-order valence-corrected chi connectivity index (χ4v) is 5.65. The molecule has 0 N–H and O–H groups in total. The molecular formula is C20H25NO3S. The molecule has 0 aromatic heterocycles. The second-order valence-corrected chi connectivity index (χ2v) is 9.60. The van der Waals surface area contributed by atoms with Gasteiger partial charge in [0.25, 0.3) is 5.91 Å². The molecule has 1 saturated heterocycles. The Morgan fingerprint density at radius 2 is 1.72 bits per heavy atom. The molecule has 0 atom stereocenters. The molecule has 0 spiro atoms. The number of fused-ring (bicyclic) bond motifs is 1. The molecule has 25 heavy (non-hydrogen) atoms. The van der Waals surface area contributed by atoms with Gasteiger partial charge in [0.1, 0.15) is 0 Å². The Labute approximate surface area is 149 Å². The van der Waals surface area contributed by atoms with Crippen LogP contribution in [0.2, 0.25) is 0 Å². The molecule has 1 amide bonds. The zero-order chi connectivity index (χ0) is 18.0. The van der Waals surface area contributed by atoms with E-state index >= 15 is 0 Å². The number of carbonyl (C=O) groups is 1.